The average Bonchev–Trinajstić information content (AvgIpc) is 2.86. The molecular formula is C13H12N4O. The van der Waals surface area contributed by atoms with Crippen molar-refractivity contribution in [2.24, 2.45) is 5.73 Å². The highest BCUT2D eigenvalue weighted by Gasteiger charge is 2.14. The number of rotatable bonds is 2. The second-order valence-corrected chi connectivity index (χ2v) is 4.13. The van der Waals surface area contributed by atoms with Crippen molar-refractivity contribution in [2.45, 2.75) is 0 Å². The number of primary amides is 1. The molecule has 3 heterocycles. The van der Waals surface area contributed by atoms with E-state index in [2.05, 4.69) is 9.97 Å². The number of nitrogens with zero attached hydrogens (tertiary/aromatic N) is 2. The quantitative estimate of drug-likeness (QED) is 0.831. The van der Waals surface area contributed by atoms with Crippen LogP contribution in [0.5, 0.6) is 0 Å². The predicted octanol–water partition coefficient (Wildman–Crippen LogP) is 1.31. The molecule has 0 aliphatic carbocycles. The summed E-state index contributed by atoms with van der Waals surface area (Å²) in [5.41, 5.74) is 7.67. The lowest BCUT2D eigenvalue weighted by Crippen LogP contribution is -2.28. The van der Waals surface area contributed by atoms with Gasteiger partial charge in [0, 0.05) is 23.4 Å². The van der Waals surface area contributed by atoms with Crippen LogP contribution < -0.4 is 10.6 Å². The highest BCUT2D eigenvalue weighted by atomic mass is 16.1. The molecule has 0 unspecified atom stereocenters. The van der Waals surface area contributed by atoms with Gasteiger partial charge in [0.1, 0.15) is 5.65 Å². The first kappa shape index (κ1) is 10.6. The minimum Gasteiger partial charge on any atom is -0.366 e. The summed E-state index contributed by atoms with van der Waals surface area (Å²) in [5.74, 6) is -0.389. The molecule has 0 radical (unpaired) electrons. The zero-order chi connectivity index (χ0) is 12.5. The van der Waals surface area contributed by atoms with Gasteiger partial charge in [-0.3, -0.25) is 4.79 Å². The highest BCUT2D eigenvalue weighted by Crippen LogP contribution is 2.22. The predicted molar refractivity (Wildman–Crippen MR) is 69.9 cm³/mol. The Hall–Kier alpha value is -2.56. The smallest absolute Gasteiger partial charge is 0.246 e. The van der Waals surface area contributed by atoms with Crippen molar-refractivity contribution in [2.75, 3.05) is 11.4 Å². The van der Waals surface area contributed by atoms with Gasteiger partial charge >= 0.3 is 0 Å². The Labute approximate surface area is 104 Å². The first-order valence-electron chi connectivity index (χ1n) is 5.61. The Morgan fingerprint density at radius 2 is 2.39 bits per heavy atom. The van der Waals surface area contributed by atoms with Crippen molar-refractivity contribution >= 4 is 22.6 Å². The van der Waals surface area contributed by atoms with Crippen molar-refractivity contribution in [3.8, 4) is 0 Å². The fourth-order valence-electron chi connectivity index (χ4n) is 1.97. The SMILES string of the molecule is NC(=O)C1=CC=CN(c2cnc3[nH]ccc3c2)C1. The number of carbonyl (C=O) groups excluding carboxylic acids is 1. The van der Waals surface area contributed by atoms with E-state index in [4.69, 9.17) is 5.73 Å². The van der Waals surface area contributed by atoms with Crippen molar-refractivity contribution in [3.63, 3.8) is 0 Å². The summed E-state index contributed by atoms with van der Waals surface area (Å²) in [4.78, 5) is 20.5. The van der Waals surface area contributed by atoms with Gasteiger partial charge in [0.2, 0.25) is 5.91 Å². The lowest BCUT2D eigenvalue weighted by atomic mass is 10.1. The van der Waals surface area contributed by atoms with E-state index >= 15 is 0 Å². The lowest BCUT2D eigenvalue weighted by Gasteiger charge is -2.23. The van der Waals surface area contributed by atoms with Crippen LogP contribution in [-0.2, 0) is 4.79 Å². The Morgan fingerprint density at radius 1 is 1.50 bits per heavy atom. The molecule has 2 aromatic rings. The molecule has 90 valence electrons. The molecule has 3 N–H and O–H groups in total. The van der Waals surface area contributed by atoms with Gasteiger partial charge in [-0.2, -0.15) is 0 Å². The van der Waals surface area contributed by atoms with Crippen LogP contribution in [0.15, 0.2) is 48.5 Å². The summed E-state index contributed by atoms with van der Waals surface area (Å²) in [6.07, 6.45) is 9.07. The molecule has 1 aliphatic heterocycles. The van der Waals surface area contributed by atoms with E-state index in [0.29, 0.717) is 12.1 Å². The number of hydrogen-bond donors (Lipinski definition) is 2. The van der Waals surface area contributed by atoms with Gasteiger partial charge in [-0.15, -0.1) is 0 Å². The number of carbonyl (C=O) groups is 1. The molecule has 0 aromatic carbocycles. The number of aromatic amines is 1. The minimum atomic E-state index is -0.389. The highest BCUT2D eigenvalue weighted by molar-refractivity contribution is 5.94. The van der Waals surface area contributed by atoms with Crippen molar-refractivity contribution in [3.05, 3.63) is 48.5 Å². The first-order chi connectivity index (χ1) is 8.74. The van der Waals surface area contributed by atoms with Crippen LogP contribution >= 0.6 is 0 Å². The molecule has 5 nitrogen and oxygen atoms in total. The number of nitrogens with two attached hydrogens (primary N) is 1. The number of hydrogen-bond acceptors (Lipinski definition) is 3. The van der Waals surface area contributed by atoms with Crippen LogP contribution in [0, 0.1) is 0 Å². The number of aromatic nitrogens is 2. The third kappa shape index (κ3) is 1.75. The van der Waals surface area contributed by atoms with E-state index < -0.39 is 0 Å². The third-order valence-corrected chi connectivity index (χ3v) is 2.94. The van der Waals surface area contributed by atoms with E-state index in [1.807, 2.05) is 35.5 Å². The van der Waals surface area contributed by atoms with E-state index in [9.17, 15) is 4.79 Å². The summed E-state index contributed by atoms with van der Waals surface area (Å²) >= 11 is 0. The zero-order valence-electron chi connectivity index (χ0n) is 9.63. The van der Waals surface area contributed by atoms with Gasteiger partial charge in [0.15, 0.2) is 0 Å². The van der Waals surface area contributed by atoms with E-state index in [-0.39, 0.29) is 5.91 Å². The molecule has 3 rings (SSSR count). The average molecular weight is 240 g/mol. The number of fused-ring (bicyclic) bond motifs is 1. The largest absolute Gasteiger partial charge is 0.366 e. The molecule has 1 amide bonds. The van der Waals surface area contributed by atoms with Crippen LogP contribution in [0.2, 0.25) is 0 Å². The minimum absolute atomic E-state index is 0.389. The van der Waals surface area contributed by atoms with Crippen molar-refractivity contribution in [1.29, 1.82) is 0 Å². The monoisotopic (exact) mass is 240 g/mol. The first-order valence-corrected chi connectivity index (χ1v) is 5.61. The topological polar surface area (TPSA) is 75.0 Å². The number of H-pyrrole nitrogens is 1. The Balaban J connectivity index is 1.93. The molecule has 5 heteroatoms. The number of amides is 1. The summed E-state index contributed by atoms with van der Waals surface area (Å²) in [6.45, 7) is 0.476. The standard InChI is InChI=1S/C13H12N4O/c14-12(18)10-2-1-5-17(8-10)11-6-9-3-4-15-13(9)16-7-11/h1-7H,8H2,(H2,14,18)(H,15,16). The fourth-order valence-corrected chi connectivity index (χ4v) is 1.97. The Bertz CT molecular complexity index is 668. The Morgan fingerprint density at radius 3 is 3.22 bits per heavy atom. The van der Waals surface area contributed by atoms with Gasteiger partial charge < -0.3 is 15.6 Å². The maximum absolute atomic E-state index is 11.2. The van der Waals surface area contributed by atoms with Gasteiger partial charge in [-0.1, -0.05) is 6.08 Å². The van der Waals surface area contributed by atoms with Gasteiger partial charge in [0.05, 0.1) is 18.4 Å². The van der Waals surface area contributed by atoms with Crippen molar-refractivity contribution < 1.29 is 4.79 Å². The van der Waals surface area contributed by atoms with E-state index in [1.165, 1.54) is 0 Å². The van der Waals surface area contributed by atoms with Crippen LogP contribution in [0.3, 0.4) is 0 Å². The maximum atomic E-state index is 11.2. The second-order valence-electron chi connectivity index (χ2n) is 4.13. The molecule has 0 saturated carbocycles. The summed E-state index contributed by atoms with van der Waals surface area (Å²) in [7, 11) is 0. The Kier molecular flexibility index (Phi) is 2.37. The summed E-state index contributed by atoms with van der Waals surface area (Å²) < 4.78 is 0. The molecule has 18 heavy (non-hydrogen) atoms. The molecular weight excluding hydrogens is 228 g/mol. The number of pyridine rings is 1. The molecule has 0 spiro atoms. The normalized spacial score (nSPS) is 14.9. The fraction of sp³-hybridized carbons (Fsp3) is 0.0769. The molecule has 1 aliphatic rings. The van der Waals surface area contributed by atoms with Gasteiger partial charge in [-0.25, -0.2) is 4.98 Å². The van der Waals surface area contributed by atoms with Crippen LogP contribution in [-0.4, -0.2) is 22.4 Å². The molecule has 2 aromatic heterocycles. The van der Waals surface area contributed by atoms with Crippen LogP contribution in [0.4, 0.5) is 5.69 Å². The molecule has 0 atom stereocenters. The number of anilines is 1. The number of nitrogens with one attached hydrogen (secondary N) is 1. The van der Waals surface area contributed by atoms with Gasteiger partial charge in [-0.05, 0) is 18.2 Å². The third-order valence-electron chi connectivity index (χ3n) is 2.94. The maximum Gasteiger partial charge on any atom is 0.246 e. The molecule has 0 saturated heterocycles. The van der Waals surface area contributed by atoms with Crippen molar-refractivity contribution in [1.82, 2.24) is 9.97 Å². The lowest BCUT2D eigenvalue weighted by molar-refractivity contribution is -0.114. The number of allylic oxidation sites excluding steroid dienone is 2. The second kappa shape index (κ2) is 4.03. The van der Waals surface area contributed by atoms with Gasteiger partial charge in [0.25, 0.3) is 0 Å². The molecule has 0 fully saturated rings. The van der Waals surface area contributed by atoms with Crippen LogP contribution in [0.25, 0.3) is 11.0 Å². The van der Waals surface area contributed by atoms with E-state index in [1.54, 1.807) is 12.3 Å². The van der Waals surface area contributed by atoms with E-state index in [0.717, 1.165) is 16.7 Å². The summed E-state index contributed by atoms with van der Waals surface area (Å²) in [6, 6.07) is 3.98. The molecule has 0 bridgehead atoms. The summed E-state index contributed by atoms with van der Waals surface area (Å²) in [5, 5.41) is 1.04. The van der Waals surface area contributed by atoms with Crippen LogP contribution in [0.1, 0.15) is 0 Å². The zero-order valence-corrected chi connectivity index (χ0v) is 9.63.